The van der Waals surface area contributed by atoms with Crippen LogP contribution in [-0.4, -0.2) is 37.0 Å². The minimum Gasteiger partial charge on any atom is -0.356 e. The van der Waals surface area contributed by atoms with E-state index in [0.717, 1.165) is 48.1 Å². The molecule has 0 aliphatic carbocycles. The fourth-order valence-corrected chi connectivity index (χ4v) is 4.21. The van der Waals surface area contributed by atoms with E-state index in [2.05, 4.69) is 15.9 Å². The van der Waals surface area contributed by atoms with Crippen molar-refractivity contribution in [2.45, 2.75) is 45.1 Å². The quantitative estimate of drug-likeness (QED) is 0.325. The van der Waals surface area contributed by atoms with Gasteiger partial charge in [-0.3, -0.25) is 9.59 Å². The molecule has 8 heteroatoms. The number of para-hydroxylation sites is 1. The Morgan fingerprint density at radius 3 is 2.50 bits per heavy atom. The Kier molecular flexibility index (Phi) is 10.7. The molecule has 0 radical (unpaired) electrons. The van der Waals surface area contributed by atoms with Gasteiger partial charge in [-0.2, -0.15) is 0 Å². The van der Waals surface area contributed by atoms with Crippen LogP contribution >= 0.6 is 8.60 Å². The van der Waals surface area contributed by atoms with Gasteiger partial charge in [0.1, 0.15) is 0 Å². The maximum absolute atomic E-state index is 13.2. The summed E-state index contributed by atoms with van der Waals surface area (Å²) >= 11 is 0. The molecule has 2 aromatic carbocycles. The number of nitrogens with zero attached hydrogens (tertiary/aromatic N) is 1. The molecule has 2 amide bonds. The smallest absolute Gasteiger partial charge is 0.329 e. The Morgan fingerprint density at radius 2 is 1.68 bits per heavy atom. The predicted molar refractivity (Wildman–Crippen MR) is 136 cm³/mol. The van der Waals surface area contributed by atoms with Crippen molar-refractivity contribution in [1.82, 2.24) is 5.32 Å². The molecular weight excluding hydrogens is 451 g/mol. The molecule has 1 unspecified atom stereocenters. The second kappa shape index (κ2) is 14.0. The van der Waals surface area contributed by atoms with Crippen molar-refractivity contribution in [2.75, 3.05) is 25.2 Å². The van der Waals surface area contributed by atoms with Gasteiger partial charge in [-0.05, 0) is 35.6 Å². The number of nitrogens with one attached hydrogen (secondary N) is 1. The summed E-state index contributed by atoms with van der Waals surface area (Å²) in [6, 6.07) is 15.9. The highest BCUT2D eigenvalue weighted by atomic mass is 31.2. The van der Waals surface area contributed by atoms with Crippen molar-refractivity contribution in [3.63, 3.8) is 0 Å². The number of benzene rings is 2. The average molecular weight is 485 g/mol. The molecule has 0 bridgehead atoms. The van der Waals surface area contributed by atoms with E-state index in [1.165, 1.54) is 7.11 Å². The van der Waals surface area contributed by atoms with Crippen molar-refractivity contribution < 1.29 is 23.5 Å². The van der Waals surface area contributed by atoms with Gasteiger partial charge in [0.2, 0.25) is 11.8 Å². The van der Waals surface area contributed by atoms with Crippen molar-refractivity contribution in [3.05, 3.63) is 65.2 Å². The van der Waals surface area contributed by atoms with Crippen LogP contribution in [0.25, 0.3) is 12.2 Å². The van der Waals surface area contributed by atoms with Crippen molar-refractivity contribution in [3.8, 4) is 0 Å². The third kappa shape index (κ3) is 8.03. The van der Waals surface area contributed by atoms with E-state index in [1.807, 2.05) is 54.6 Å². The molecule has 1 atom stereocenters. The van der Waals surface area contributed by atoms with E-state index in [4.69, 9.17) is 4.52 Å². The minimum absolute atomic E-state index is 0.0624. The molecule has 1 aliphatic rings. The zero-order valence-electron chi connectivity index (χ0n) is 19.6. The van der Waals surface area contributed by atoms with E-state index >= 15 is 0 Å². The molecular formula is C26H33N2O5P. The number of unbranched alkanes of at least 4 members (excludes halogenated alkanes) is 3. The van der Waals surface area contributed by atoms with Crippen LogP contribution in [0.5, 0.6) is 0 Å². The summed E-state index contributed by atoms with van der Waals surface area (Å²) in [6.45, 7) is 1.53. The van der Waals surface area contributed by atoms with Gasteiger partial charge in [0.05, 0.1) is 18.8 Å². The van der Waals surface area contributed by atoms with Crippen molar-refractivity contribution in [1.29, 1.82) is 0 Å². The first-order chi connectivity index (χ1) is 16.6. The Bertz CT molecular complexity index is 981. The van der Waals surface area contributed by atoms with Crippen LogP contribution in [0.2, 0.25) is 0 Å². The normalized spacial score (nSPS) is 14.4. The number of hydrogen-bond donors (Lipinski definition) is 2. The van der Waals surface area contributed by atoms with Gasteiger partial charge in [0.15, 0.2) is 0 Å². The van der Waals surface area contributed by atoms with Gasteiger partial charge in [0, 0.05) is 26.5 Å². The van der Waals surface area contributed by atoms with Crippen LogP contribution in [0, 0.1) is 0 Å². The SMILES string of the molecule is COP(O)OCCCCCCNC(=O)CCC(=O)N1Cc2ccccc2/C=C\c2ccccc21. The summed E-state index contributed by atoms with van der Waals surface area (Å²) in [5.41, 5.74) is 4.02. The summed E-state index contributed by atoms with van der Waals surface area (Å²) in [5, 5.41) is 2.91. The monoisotopic (exact) mass is 484 g/mol. The second-order valence-electron chi connectivity index (χ2n) is 8.09. The fraction of sp³-hybridized carbons (Fsp3) is 0.385. The molecule has 1 aliphatic heterocycles. The molecule has 0 saturated carbocycles. The Hall–Kier alpha value is -2.57. The second-order valence-corrected chi connectivity index (χ2v) is 9.19. The Morgan fingerprint density at radius 1 is 0.971 bits per heavy atom. The molecule has 0 aromatic heterocycles. The van der Waals surface area contributed by atoms with Gasteiger partial charge in [-0.1, -0.05) is 67.5 Å². The first-order valence-corrected chi connectivity index (χ1v) is 12.8. The van der Waals surface area contributed by atoms with Crippen LogP contribution in [0.1, 0.15) is 55.2 Å². The number of hydrogen-bond acceptors (Lipinski definition) is 5. The Labute approximate surface area is 202 Å². The number of amides is 2. The highest BCUT2D eigenvalue weighted by Gasteiger charge is 2.21. The fourth-order valence-electron chi connectivity index (χ4n) is 3.82. The summed E-state index contributed by atoms with van der Waals surface area (Å²) in [4.78, 5) is 36.4. The summed E-state index contributed by atoms with van der Waals surface area (Å²) < 4.78 is 9.75. The lowest BCUT2D eigenvalue weighted by atomic mass is 10.0. The molecule has 2 aromatic rings. The maximum Gasteiger partial charge on any atom is 0.329 e. The van der Waals surface area contributed by atoms with E-state index < -0.39 is 8.60 Å². The van der Waals surface area contributed by atoms with E-state index in [1.54, 1.807) is 4.90 Å². The van der Waals surface area contributed by atoms with Gasteiger partial charge in [0.25, 0.3) is 0 Å². The number of anilines is 1. The van der Waals surface area contributed by atoms with E-state index in [0.29, 0.717) is 19.7 Å². The number of fused-ring (bicyclic) bond motifs is 2. The van der Waals surface area contributed by atoms with Crippen LogP contribution in [0.3, 0.4) is 0 Å². The lowest BCUT2D eigenvalue weighted by molar-refractivity contribution is -0.125. The minimum atomic E-state index is -1.75. The molecule has 182 valence electrons. The van der Waals surface area contributed by atoms with Crippen molar-refractivity contribution in [2.24, 2.45) is 0 Å². The van der Waals surface area contributed by atoms with Crippen LogP contribution < -0.4 is 10.2 Å². The van der Waals surface area contributed by atoms with Gasteiger partial charge < -0.3 is 24.2 Å². The Balaban J connectivity index is 1.44. The third-order valence-corrected chi connectivity index (χ3v) is 6.39. The predicted octanol–water partition coefficient (Wildman–Crippen LogP) is 5.04. The zero-order chi connectivity index (χ0) is 24.2. The van der Waals surface area contributed by atoms with Crippen LogP contribution in [-0.2, 0) is 25.2 Å². The highest BCUT2D eigenvalue weighted by Crippen LogP contribution is 2.31. The number of carbonyl (C=O) groups excluding carboxylic acids is 2. The molecule has 1 heterocycles. The summed E-state index contributed by atoms with van der Waals surface area (Å²) in [7, 11) is -0.341. The summed E-state index contributed by atoms with van der Waals surface area (Å²) in [5.74, 6) is -0.170. The lowest BCUT2D eigenvalue weighted by Crippen LogP contribution is -2.33. The van der Waals surface area contributed by atoms with E-state index in [9.17, 15) is 14.5 Å². The molecule has 2 N–H and O–H groups in total. The first kappa shape index (κ1) is 26.0. The van der Waals surface area contributed by atoms with Crippen LogP contribution in [0.4, 0.5) is 5.69 Å². The lowest BCUT2D eigenvalue weighted by Gasteiger charge is -2.27. The maximum atomic E-state index is 13.2. The van der Waals surface area contributed by atoms with Crippen molar-refractivity contribution >= 4 is 38.3 Å². The number of carbonyl (C=O) groups is 2. The van der Waals surface area contributed by atoms with Gasteiger partial charge >= 0.3 is 8.60 Å². The molecule has 0 spiro atoms. The average Bonchev–Trinajstić information content (AvgIpc) is 2.85. The largest absolute Gasteiger partial charge is 0.356 e. The standard InChI is InChI=1S/C26H33N2O5P/c1-32-34(31)33-19-9-3-2-8-18-27-25(29)16-17-26(30)28-20-23-12-5-4-10-21(23)14-15-22-11-6-7-13-24(22)28/h4-7,10-15,31H,2-3,8-9,16-20H2,1H3,(H,27,29)/b15-14-. The third-order valence-electron chi connectivity index (χ3n) is 5.67. The van der Waals surface area contributed by atoms with Crippen LogP contribution in [0.15, 0.2) is 48.5 Å². The summed E-state index contributed by atoms with van der Waals surface area (Å²) in [6.07, 6.45) is 8.05. The highest BCUT2D eigenvalue weighted by molar-refractivity contribution is 7.40. The van der Waals surface area contributed by atoms with Gasteiger partial charge in [-0.25, -0.2) is 0 Å². The zero-order valence-corrected chi connectivity index (χ0v) is 20.5. The molecule has 0 saturated heterocycles. The molecule has 7 nitrogen and oxygen atoms in total. The van der Waals surface area contributed by atoms with Gasteiger partial charge in [-0.15, -0.1) is 0 Å². The molecule has 0 fully saturated rings. The molecule has 34 heavy (non-hydrogen) atoms. The first-order valence-electron chi connectivity index (χ1n) is 11.7. The number of rotatable bonds is 12. The topological polar surface area (TPSA) is 88.1 Å². The van der Waals surface area contributed by atoms with E-state index in [-0.39, 0.29) is 24.7 Å². The molecule has 3 rings (SSSR count).